The number of benzene rings is 3. The minimum absolute atomic E-state index is 0.00574. The first-order valence-corrected chi connectivity index (χ1v) is 6.95. The molecule has 2 N–H and O–H groups in total. The van der Waals surface area contributed by atoms with Crippen LogP contribution in [0.1, 0.15) is 10.4 Å². The zero-order valence-corrected chi connectivity index (χ0v) is 11.3. The maximum Gasteiger partial charge on any atom is 0.406 e. The van der Waals surface area contributed by atoms with Crippen molar-refractivity contribution in [2.45, 2.75) is 0 Å². The fraction of sp³-hybridized carbons (Fsp3) is 0. The number of hydrogen-bond acceptors (Lipinski definition) is 3. The SMILES string of the molecule is O=Cc1ccc(B2Nc3cccc4cccc(c34)N2)cc1. The lowest BCUT2D eigenvalue weighted by atomic mass is 9.66. The van der Waals surface area contributed by atoms with Crippen LogP contribution >= 0.6 is 0 Å². The molecule has 0 saturated carbocycles. The van der Waals surface area contributed by atoms with Crippen LogP contribution in [0.4, 0.5) is 11.4 Å². The molecule has 4 rings (SSSR count). The molecule has 4 heteroatoms. The van der Waals surface area contributed by atoms with Crippen molar-refractivity contribution in [3.05, 3.63) is 66.2 Å². The summed E-state index contributed by atoms with van der Waals surface area (Å²) in [7, 11) is 0. The molecule has 1 aliphatic rings. The third-order valence-corrected chi connectivity index (χ3v) is 3.91. The number of hydrogen-bond donors (Lipinski definition) is 2. The molecule has 0 saturated heterocycles. The maximum absolute atomic E-state index is 10.8. The highest BCUT2D eigenvalue weighted by Gasteiger charge is 2.24. The molecular formula is C17H13BN2O. The first kappa shape index (κ1) is 12.0. The van der Waals surface area contributed by atoms with Gasteiger partial charge in [0.1, 0.15) is 6.29 Å². The van der Waals surface area contributed by atoms with Crippen molar-refractivity contribution in [1.82, 2.24) is 0 Å². The van der Waals surface area contributed by atoms with Gasteiger partial charge in [0.25, 0.3) is 0 Å². The van der Waals surface area contributed by atoms with Gasteiger partial charge in [-0.2, -0.15) is 0 Å². The molecule has 0 aromatic heterocycles. The molecule has 3 aromatic rings. The fourth-order valence-corrected chi connectivity index (χ4v) is 2.86. The Bertz CT molecular complexity index is 789. The van der Waals surface area contributed by atoms with Crippen LogP contribution in [0.5, 0.6) is 0 Å². The number of carbonyl (C=O) groups is 1. The fourth-order valence-electron chi connectivity index (χ4n) is 2.86. The van der Waals surface area contributed by atoms with Crippen molar-refractivity contribution in [2.75, 3.05) is 10.5 Å². The molecule has 0 bridgehead atoms. The first-order chi connectivity index (χ1) is 10.3. The standard InChI is InChI=1S/C17H13BN2O/c21-11-12-7-9-14(10-8-12)18-19-15-5-1-3-13-4-2-6-16(20-18)17(13)15/h1-11,19-20H. The van der Waals surface area contributed by atoms with Gasteiger partial charge in [-0.15, -0.1) is 0 Å². The van der Waals surface area contributed by atoms with Crippen LogP contribution in [0.25, 0.3) is 10.8 Å². The molecule has 1 heterocycles. The van der Waals surface area contributed by atoms with Crippen molar-refractivity contribution in [2.24, 2.45) is 0 Å². The Hall–Kier alpha value is -2.75. The Kier molecular flexibility index (Phi) is 2.67. The summed E-state index contributed by atoms with van der Waals surface area (Å²) in [5, 5.41) is 9.48. The summed E-state index contributed by atoms with van der Waals surface area (Å²) in [4.78, 5) is 10.8. The Morgan fingerprint density at radius 3 is 2.00 bits per heavy atom. The smallest absolute Gasteiger partial charge is 0.405 e. The highest BCUT2D eigenvalue weighted by molar-refractivity contribution is 6.80. The summed E-state index contributed by atoms with van der Waals surface area (Å²) in [6, 6.07) is 20.2. The van der Waals surface area contributed by atoms with Gasteiger partial charge in [-0.3, -0.25) is 4.79 Å². The van der Waals surface area contributed by atoms with Crippen LogP contribution < -0.4 is 15.9 Å². The molecule has 0 unspecified atom stereocenters. The highest BCUT2D eigenvalue weighted by Crippen LogP contribution is 2.33. The largest absolute Gasteiger partial charge is 0.406 e. The van der Waals surface area contributed by atoms with Gasteiger partial charge in [0.05, 0.1) is 0 Å². The minimum Gasteiger partial charge on any atom is -0.405 e. The normalized spacial score (nSPS) is 12.7. The van der Waals surface area contributed by atoms with E-state index in [0.717, 1.165) is 23.1 Å². The number of carbonyl (C=O) groups excluding carboxylic acids is 1. The molecule has 0 spiro atoms. The van der Waals surface area contributed by atoms with Crippen molar-refractivity contribution in [1.29, 1.82) is 0 Å². The topological polar surface area (TPSA) is 41.1 Å². The summed E-state index contributed by atoms with van der Waals surface area (Å²) >= 11 is 0. The number of anilines is 2. The van der Waals surface area contributed by atoms with Gasteiger partial charge in [0, 0.05) is 22.3 Å². The number of nitrogens with one attached hydrogen (secondary N) is 2. The van der Waals surface area contributed by atoms with Crippen LogP contribution in [0.2, 0.25) is 0 Å². The van der Waals surface area contributed by atoms with Gasteiger partial charge in [0.2, 0.25) is 0 Å². The summed E-state index contributed by atoms with van der Waals surface area (Å²) in [6.45, 7) is 0.00574. The van der Waals surface area contributed by atoms with Crippen LogP contribution in [0, 0.1) is 0 Å². The van der Waals surface area contributed by atoms with Crippen LogP contribution in [0.15, 0.2) is 60.7 Å². The zero-order valence-electron chi connectivity index (χ0n) is 11.3. The van der Waals surface area contributed by atoms with Gasteiger partial charge in [0.15, 0.2) is 0 Å². The summed E-state index contributed by atoms with van der Waals surface area (Å²) in [5.74, 6) is 0. The van der Waals surface area contributed by atoms with Gasteiger partial charge in [-0.1, -0.05) is 48.5 Å². The van der Waals surface area contributed by atoms with E-state index >= 15 is 0 Å². The van der Waals surface area contributed by atoms with E-state index in [1.807, 2.05) is 24.3 Å². The quantitative estimate of drug-likeness (QED) is 0.556. The Labute approximate surface area is 123 Å². The monoisotopic (exact) mass is 272 g/mol. The molecule has 0 fully saturated rings. The van der Waals surface area contributed by atoms with E-state index in [1.54, 1.807) is 0 Å². The number of rotatable bonds is 2. The minimum atomic E-state index is 0.00574. The molecular weight excluding hydrogens is 259 g/mol. The highest BCUT2D eigenvalue weighted by atomic mass is 16.1. The lowest BCUT2D eigenvalue weighted by Crippen LogP contribution is -2.47. The lowest BCUT2D eigenvalue weighted by Gasteiger charge is -2.26. The van der Waals surface area contributed by atoms with Gasteiger partial charge in [-0.05, 0) is 23.0 Å². The molecule has 0 aliphatic carbocycles. The number of aldehydes is 1. The third kappa shape index (κ3) is 1.96. The molecule has 0 amide bonds. The molecule has 3 aromatic carbocycles. The van der Waals surface area contributed by atoms with Crippen molar-refractivity contribution in [3.63, 3.8) is 0 Å². The van der Waals surface area contributed by atoms with Gasteiger partial charge < -0.3 is 10.5 Å². The first-order valence-electron chi connectivity index (χ1n) is 6.95. The van der Waals surface area contributed by atoms with Crippen LogP contribution in [-0.2, 0) is 0 Å². The van der Waals surface area contributed by atoms with Crippen molar-refractivity contribution < 1.29 is 4.79 Å². The maximum atomic E-state index is 10.8. The van der Waals surface area contributed by atoms with Gasteiger partial charge in [-0.25, -0.2) is 0 Å². The molecule has 3 nitrogen and oxygen atoms in total. The molecule has 0 radical (unpaired) electrons. The predicted molar refractivity (Wildman–Crippen MR) is 88.4 cm³/mol. The van der Waals surface area contributed by atoms with E-state index in [2.05, 4.69) is 46.9 Å². The zero-order chi connectivity index (χ0) is 14.2. The third-order valence-electron chi connectivity index (χ3n) is 3.91. The molecule has 21 heavy (non-hydrogen) atoms. The van der Waals surface area contributed by atoms with E-state index in [9.17, 15) is 4.79 Å². The van der Waals surface area contributed by atoms with Gasteiger partial charge >= 0.3 is 6.98 Å². The second kappa shape index (κ2) is 4.67. The van der Waals surface area contributed by atoms with E-state index < -0.39 is 0 Å². The van der Waals surface area contributed by atoms with Crippen molar-refractivity contribution >= 4 is 40.9 Å². The Balaban J connectivity index is 1.77. The molecule has 1 aliphatic heterocycles. The average molecular weight is 272 g/mol. The Morgan fingerprint density at radius 1 is 0.810 bits per heavy atom. The van der Waals surface area contributed by atoms with E-state index in [1.165, 1.54) is 10.8 Å². The second-order valence-electron chi connectivity index (χ2n) is 5.22. The Morgan fingerprint density at radius 2 is 1.43 bits per heavy atom. The van der Waals surface area contributed by atoms with Crippen LogP contribution in [-0.4, -0.2) is 13.3 Å². The predicted octanol–water partition coefficient (Wildman–Crippen LogP) is 2.89. The summed E-state index contributed by atoms with van der Waals surface area (Å²) in [6.07, 6.45) is 0.863. The van der Waals surface area contributed by atoms with E-state index in [-0.39, 0.29) is 6.98 Å². The molecule has 100 valence electrons. The summed E-state index contributed by atoms with van der Waals surface area (Å²) < 4.78 is 0. The van der Waals surface area contributed by atoms with E-state index in [4.69, 9.17) is 0 Å². The van der Waals surface area contributed by atoms with E-state index in [0.29, 0.717) is 5.56 Å². The lowest BCUT2D eigenvalue weighted by molar-refractivity contribution is 0.112. The average Bonchev–Trinajstić information content (AvgIpc) is 2.55. The second-order valence-corrected chi connectivity index (χ2v) is 5.22. The van der Waals surface area contributed by atoms with Crippen molar-refractivity contribution in [3.8, 4) is 0 Å². The summed E-state index contributed by atoms with van der Waals surface area (Å²) in [5.41, 5.74) is 4.06. The molecule has 0 atom stereocenters. The van der Waals surface area contributed by atoms with Crippen LogP contribution in [0.3, 0.4) is 0 Å².